The summed E-state index contributed by atoms with van der Waals surface area (Å²) in [4.78, 5) is 36.7. The van der Waals surface area contributed by atoms with Crippen LogP contribution in [0, 0.1) is 5.82 Å². The highest BCUT2D eigenvalue weighted by Crippen LogP contribution is 2.29. The molecule has 0 unspecified atom stereocenters. The van der Waals surface area contributed by atoms with Crippen LogP contribution in [0.25, 0.3) is 0 Å². The zero-order valence-corrected chi connectivity index (χ0v) is 20.3. The van der Waals surface area contributed by atoms with Gasteiger partial charge in [-0.3, -0.25) is 24.4 Å². The molecule has 1 aromatic heterocycles. The SMILES string of the molecule is CC(=O)N1CCN(CN2C(=O)CN=C(c3nnc(SCCN(C)C)o3)c3cc(F)ccc32)CC1. The fraction of sp³-hybridized carbons (Fsp3) is 0.500. The number of carbonyl (C=O) groups is 2. The number of carbonyl (C=O) groups excluding carboxylic acids is 2. The lowest BCUT2D eigenvalue weighted by Crippen LogP contribution is -2.52. The zero-order chi connectivity index (χ0) is 24.2. The van der Waals surface area contributed by atoms with E-state index in [1.165, 1.54) is 23.9 Å². The maximum Gasteiger partial charge on any atom is 0.276 e. The predicted octanol–water partition coefficient (Wildman–Crippen LogP) is 1.17. The Morgan fingerprint density at radius 3 is 2.68 bits per heavy atom. The number of hydrogen-bond donors (Lipinski definition) is 0. The molecule has 2 aromatic rings. The lowest BCUT2D eigenvalue weighted by Gasteiger charge is -2.37. The van der Waals surface area contributed by atoms with Crippen LogP contribution in [0.4, 0.5) is 10.1 Å². The molecule has 2 aliphatic rings. The summed E-state index contributed by atoms with van der Waals surface area (Å²) in [6, 6.07) is 4.25. The fourth-order valence-corrected chi connectivity index (χ4v) is 4.67. The molecule has 10 nitrogen and oxygen atoms in total. The Labute approximate surface area is 201 Å². The maximum atomic E-state index is 14.3. The minimum Gasteiger partial charge on any atom is -0.410 e. The standard InChI is InChI=1S/C22H28FN7O3S/c1-15(31)29-8-6-28(7-9-29)14-30-18-5-4-16(23)12-17(18)20(24-13-19(30)32)21-25-26-22(33-21)34-11-10-27(2)3/h4-5,12H,6-11,13-14H2,1-3H3. The van der Waals surface area contributed by atoms with E-state index in [0.717, 1.165) is 12.3 Å². The van der Waals surface area contributed by atoms with Gasteiger partial charge < -0.3 is 14.2 Å². The summed E-state index contributed by atoms with van der Waals surface area (Å²) >= 11 is 1.43. The van der Waals surface area contributed by atoms with Crippen molar-refractivity contribution in [2.24, 2.45) is 4.99 Å². The van der Waals surface area contributed by atoms with Crippen LogP contribution in [0.3, 0.4) is 0 Å². The molecule has 1 aromatic carbocycles. The molecule has 1 saturated heterocycles. The molecule has 1 fully saturated rings. The van der Waals surface area contributed by atoms with E-state index in [9.17, 15) is 14.0 Å². The average Bonchev–Trinajstić information content (AvgIpc) is 3.21. The molecule has 0 spiro atoms. The average molecular weight is 490 g/mol. The largest absolute Gasteiger partial charge is 0.410 e. The third-order valence-corrected chi connectivity index (χ3v) is 6.51. The second-order valence-electron chi connectivity index (χ2n) is 8.44. The Balaban J connectivity index is 1.56. The Hall–Kier alpha value is -2.83. The molecule has 12 heteroatoms. The van der Waals surface area contributed by atoms with Gasteiger partial charge in [-0.2, -0.15) is 0 Å². The molecule has 182 valence electrons. The summed E-state index contributed by atoms with van der Waals surface area (Å²) in [6.07, 6.45) is 0. The minimum absolute atomic E-state index is 0.0446. The van der Waals surface area contributed by atoms with Crippen molar-refractivity contribution in [2.45, 2.75) is 12.1 Å². The van der Waals surface area contributed by atoms with Crippen molar-refractivity contribution >= 4 is 35.0 Å². The fourth-order valence-electron chi connectivity index (χ4n) is 3.81. The molecule has 4 rings (SSSR count). The first kappa shape index (κ1) is 24.3. The van der Waals surface area contributed by atoms with E-state index in [0.29, 0.717) is 55.0 Å². The maximum absolute atomic E-state index is 14.3. The van der Waals surface area contributed by atoms with Gasteiger partial charge in [-0.15, -0.1) is 10.2 Å². The van der Waals surface area contributed by atoms with Crippen LogP contribution in [0.15, 0.2) is 32.8 Å². The number of rotatable bonds is 7. The molecule has 0 aliphatic carbocycles. The van der Waals surface area contributed by atoms with Crippen molar-refractivity contribution in [2.75, 3.05) is 70.7 Å². The van der Waals surface area contributed by atoms with Gasteiger partial charge >= 0.3 is 0 Å². The lowest BCUT2D eigenvalue weighted by molar-refractivity contribution is -0.130. The summed E-state index contributed by atoms with van der Waals surface area (Å²) in [6.45, 7) is 5.10. The van der Waals surface area contributed by atoms with Gasteiger partial charge in [0.25, 0.3) is 11.1 Å². The molecule has 2 aliphatic heterocycles. The molecular weight excluding hydrogens is 461 g/mol. The van der Waals surface area contributed by atoms with Crippen LogP contribution < -0.4 is 4.90 Å². The van der Waals surface area contributed by atoms with Gasteiger partial charge in [0.1, 0.15) is 18.1 Å². The first-order chi connectivity index (χ1) is 16.3. The molecule has 0 atom stereocenters. The molecule has 0 saturated carbocycles. The molecule has 3 heterocycles. The number of fused-ring (bicyclic) bond motifs is 1. The molecule has 34 heavy (non-hydrogen) atoms. The summed E-state index contributed by atoms with van der Waals surface area (Å²) in [5.41, 5.74) is 1.28. The first-order valence-electron chi connectivity index (χ1n) is 11.1. The quantitative estimate of drug-likeness (QED) is 0.535. The third-order valence-electron chi connectivity index (χ3n) is 5.71. The highest BCUT2D eigenvalue weighted by molar-refractivity contribution is 7.99. The summed E-state index contributed by atoms with van der Waals surface area (Å²) < 4.78 is 20.1. The zero-order valence-electron chi connectivity index (χ0n) is 19.5. The summed E-state index contributed by atoms with van der Waals surface area (Å²) in [5.74, 6) is 0.315. The van der Waals surface area contributed by atoms with Crippen molar-refractivity contribution in [1.29, 1.82) is 0 Å². The van der Waals surface area contributed by atoms with Crippen LogP contribution in [0.2, 0.25) is 0 Å². The predicted molar refractivity (Wildman–Crippen MR) is 127 cm³/mol. The Morgan fingerprint density at radius 2 is 1.97 bits per heavy atom. The van der Waals surface area contributed by atoms with Crippen molar-refractivity contribution < 1.29 is 18.4 Å². The Kier molecular flexibility index (Phi) is 7.59. The van der Waals surface area contributed by atoms with E-state index in [-0.39, 0.29) is 24.2 Å². The highest BCUT2D eigenvalue weighted by atomic mass is 32.2. The number of piperazine rings is 1. The highest BCUT2D eigenvalue weighted by Gasteiger charge is 2.30. The van der Waals surface area contributed by atoms with E-state index in [4.69, 9.17) is 4.42 Å². The van der Waals surface area contributed by atoms with Gasteiger partial charge in [-0.25, -0.2) is 4.39 Å². The molecule has 0 N–H and O–H groups in total. The Bertz CT molecular complexity index is 1080. The van der Waals surface area contributed by atoms with Crippen molar-refractivity contribution in [3.8, 4) is 0 Å². The molecular formula is C22H28FN7O3S. The smallest absolute Gasteiger partial charge is 0.276 e. The lowest BCUT2D eigenvalue weighted by atomic mass is 10.1. The van der Waals surface area contributed by atoms with E-state index in [1.54, 1.807) is 22.8 Å². The van der Waals surface area contributed by atoms with Crippen molar-refractivity contribution in [3.05, 3.63) is 35.5 Å². The topological polar surface area (TPSA) is 98.4 Å². The van der Waals surface area contributed by atoms with Gasteiger partial charge in [0.05, 0.1) is 12.4 Å². The van der Waals surface area contributed by atoms with Gasteiger partial charge in [0.2, 0.25) is 11.8 Å². The van der Waals surface area contributed by atoms with Gasteiger partial charge in [0, 0.05) is 51.0 Å². The van der Waals surface area contributed by atoms with Crippen LogP contribution in [0.5, 0.6) is 0 Å². The van der Waals surface area contributed by atoms with Crippen LogP contribution in [-0.4, -0.2) is 108 Å². The summed E-state index contributed by atoms with van der Waals surface area (Å²) in [5, 5.41) is 8.59. The number of thioether (sulfide) groups is 1. The number of aliphatic imine (C=N–C) groups is 1. The number of nitrogens with zero attached hydrogens (tertiary/aromatic N) is 7. The van der Waals surface area contributed by atoms with Crippen molar-refractivity contribution in [3.63, 3.8) is 0 Å². The second kappa shape index (κ2) is 10.6. The number of amides is 2. The van der Waals surface area contributed by atoms with Gasteiger partial charge in [-0.05, 0) is 32.3 Å². The number of aromatic nitrogens is 2. The van der Waals surface area contributed by atoms with Crippen LogP contribution in [-0.2, 0) is 9.59 Å². The van der Waals surface area contributed by atoms with Gasteiger partial charge in [-0.1, -0.05) is 11.8 Å². The molecule has 2 amide bonds. The summed E-state index contributed by atoms with van der Waals surface area (Å²) in [7, 11) is 3.97. The first-order valence-corrected chi connectivity index (χ1v) is 12.0. The molecule has 0 radical (unpaired) electrons. The van der Waals surface area contributed by atoms with E-state index < -0.39 is 5.82 Å². The van der Waals surface area contributed by atoms with Gasteiger partial charge in [0.15, 0.2) is 0 Å². The molecule has 0 bridgehead atoms. The second-order valence-corrected chi connectivity index (χ2v) is 9.48. The van der Waals surface area contributed by atoms with Crippen LogP contribution in [0.1, 0.15) is 18.4 Å². The third kappa shape index (κ3) is 5.62. The number of hydrogen-bond acceptors (Lipinski definition) is 9. The van der Waals surface area contributed by atoms with E-state index in [1.807, 2.05) is 14.1 Å². The minimum atomic E-state index is -0.448. The van der Waals surface area contributed by atoms with E-state index >= 15 is 0 Å². The van der Waals surface area contributed by atoms with E-state index in [2.05, 4.69) is 25.0 Å². The number of anilines is 1. The number of halogens is 1. The Morgan fingerprint density at radius 1 is 1.21 bits per heavy atom. The number of benzene rings is 1. The van der Waals surface area contributed by atoms with Crippen molar-refractivity contribution in [1.82, 2.24) is 24.9 Å². The number of benzodiazepines with no additional fused rings is 1. The monoisotopic (exact) mass is 489 g/mol. The van der Waals surface area contributed by atoms with Crippen LogP contribution >= 0.6 is 11.8 Å². The normalized spacial score (nSPS) is 17.1.